The fraction of sp³-hybridized carbons (Fsp3) is 0.600. The first-order chi connectivity index (χ1) is 5.62. The molecule has 8 heteroatoms. The lowest BCUT2D eigenvalue weighted by molar-refractivity contribution is -0.275. The number of hydrogen-bond donors (Lipinski definition) is 0. The normalized spacial score (nSPS) is 35.1. The van der Waals surface area contributed by atoms with E-state index in [1.165, 1.54) is 0 Å². The maximum atomic E-state index is 12.9. The van der Waals surface area contributed by atoms with Crippen molar-refractivity contribution < 1.29 is 30.2 Å². The molecule has 1 aliphatic rings. The summed E-state index contributed by atoms with van der Waals surface area (Å²) in [5.74, 6) is -1.49. The zero-order valence-electron chi connectivity index (χ0n) is 6.06. The van der Waals surface area contributed by atoms with E-state index < -0.39 is 33.5 Å². The van der Waals surface area contributed by atoms with E-state index in [1.54, 1.807) is 0 Å². The van der Waals surface area contributed by atoms with Crippen LogP contribution in [0.4, 0.5) is 17.6 Å². The quantitative estimate of drug-likeness (QED) is 0.523. The summed E-state index contributed by atoms with van der Waals surface area (Å²) in [6.07, 6.45) is -6.14. The van der Waals surface area contributed by atoms with Crippen LogP contribution in [0.5, 0.6) is 0 Å². The molecule has 0 bridgehead atoms. The van der Waals surface area contributed by atoms with Crippen LogP contribution < -0.4 is 0 Å². The molecule has 3 nitrogen and oxygen atoms in total. The van der Waals surface area contributed by atoms with Crippen molar-refractivity contribution in [3.05, 3.63) is 12.4 Å². The summed E-state index contributed by atoms with van der Waals surface area (Å²) >= 11 is 0. The molecular weight excluding hydrogens is 216 g/mol. The van der Waals surface area contributed by atoms with Crippen LogP contribution in [0.15, 0.2) is 12.4 Å². The van der Waals surface area contributed by atoms with Crippen molar-refractivity contribution in [3.63, 3.8) is 0 Å². The summed E-state index contributed by atoms with van der Waals surface area (Å²) in [4.78, 5) is 0. The van der Waals surface area contributed by atoms with Gasteiger partial charge in [-0.1, -0.05) is 6.58 Å². The van der Waals surface area contributed by atoms with E-state index >= 15 is 0 Å². The molecule has 0 radical (unpaired) electrons. The van der Waals surface area contributed by atoms with Crippen LogP contribution in [0.2, 0.25) is 0 Å². The third-order valence-corrected chi connectivity index (χ3v) is 3.07. The van der Waals surface area contributed by atoms with E-state index in [4.69, 9.17) is 0 Å². The molecule has 0 saturated carbocycles. The van der Waals surface area contributed by atoms with Gasteiger partial charge in [-0.25, -0.2) is 8.78 Å². The topological polar surface area (TPSA) is 43.4 Å². The molecule has 1 aliphatic heterocycles. The second kappa shape index (κ2) is 2.44. The summed E-state index contributed by atoms with van der Waals surface area (Å²) in [5, 5.41) is -4.02. The molecule has 1 atom stereocenters. The fourth-order valence-corrected chi connectivity index (χ4v) is 1.90. The second-order valence-corrected chi connectivity index (χ2v) is 4.20. The number of alkyl halides is 3. The molecule has 0 spiro atoms. The Bertz CT molecular complexity index is 349. The van der Waals surface area contributed by atoms with Crippen molar-refractivity contribution in [2.24, 2.45) is 0 Å². The highest BCUT2D eigenvalue weighted by Crippen LogP contribution is 2.53. The molecule has 0 aromatic carbocycles. The van der Waals surface area contributed by atoms with Crippen LogP contribution in [0.25, 0.3) is 0 Å². The maximum absolute atomic E-state index is 12.9. The van der Waals surface area contributed by atoms with Crippen LogP contribution in [0.3, 0.4) is 0 Å². The molecule has 1 fully saturated rings. The van der Waals surface area contributed by atoms with E-state index in [-0.39, 0.29) is 0 Å². The summed E-state index contributed by atoms with van der Waals surface area (Å²) < 4.78 is 73.3. The predicted molar refractivity (Wildman–Crippen MR) is 33.7 cm³/mol. The van der Waals surface area contributed by atoms with E-state index in [2.05, 4.69) is 10.8 Å². The van der Waals surface area contributed by atoms with Crippen LogP contribution in [-0.4, -0.2) is 19.5 Å². The van der Waals surface area contributed by atoms with Crippen LogP contribution in [-0.2, 0) is 14.3 Å². The molecule has 1 heterocycles. The van der Waals surface area contributed by atoms with Crippen LogP contribution in [0, 0.1) is 0 Å². The minimum absolute atomic E-state index is 1.49. The highest BCUT2D eigenvalue weighted by Gasteiger charge is 2.78. The van der Waals surface area contributed by atoms with Crippen molar-refractivity contribution in [2.75, 3.05) is 0 Å². The Morgan fingerprint density at radius 2 is 1.85 bits per heavy atom. The largest absolute Gasteiger partial charge is 0.420 e. The van der Waals surface area contributed by atoms with Gasteiger partial charge in [0.1, 0.15) is 0 Å². The van der Waals surface area contributed by atoms with E-state index in [0.717, 1.165) is 0 Å². The summed E-state index contributed by atoms with van der Waals surface area (Å²) in [6.45, 7) is 2.49. The zero-order valence-corrected chi connectivity index (χ0v) is 6.88. The fourth-order valence-electron chi connectivity index (χ4n) is 0.816. The van der Waals surface area contributed by atoms with Crippen LogP contribution in [0.1, 0.15) is 6.42 Å². The average molecular weight is 220 g/mol. The number of halogens is 4. The molecule has 76 valence electrons. The summed E-state index contributed by atoms with van der Waals surface area (Å²) in [6, 6.07) is 0. The van der Waals surface area contributed by atoms with Crippen LogP contribution >= 0.6 is 0 Å². The minimum Gasteiger partial charge on any atom is -0.213 e. The summed E-state index contributed by atoms with van der Waals surface area (Å²) in [5.41, 5.74) is 0. The number of allylic oxidation sites excluding steroid dienone is 1. The van der Waals surface area contributed by atoms with Gasteiger partial charge in [0.15, 0.2) is 0 Å². The van der Waals surface area contributed by atoms with Gasteiger partial charge in [0.05, 0.1) is 12.2 Å². The molecule has 0 aliphatic carbocycles. The van der Waals surface area contributed by atoms with Gasteiger partial charge in [-0.2, -0.15) is 21.4 Å². The minimum atomic E-state index is -5.04. The zero-order chi connectivity index (χ0) is 10.5. The number of hydrogen-bond acceptors (Lipinski definition) is 3. The monoisotopic (exact) mass is 220 g/mol. The van der Waals surface area contributed by atoms with Crippen molar-refractivity contribution in [3.8, 4) is 0 Å². The Morgan fingerprint density at radius 3 is 2.00 bits per heavy atom. The van der Waals surface area contributed by atoms with Gasteiger partial charge in [0, 0.05) is 0 Å². The third-order valence-electron chi connectivity index (χ3n) is 1.46. The maximum Gasteiger partial charge on any atom is 0.420 e. The first kappa shape index (κ1) is 10.5. The molecule has 0 aromatic rings. The van der Waals surface area contributed by atoms with Crippen molar-refractivity contribution in [1.82, 2.24) is 0 Å². The Kier molecular flexibility index (Phi) is 1.96. The molecule has 0 amide bonds. The first-order valence-electron chi connectivity index (χ1n) is 2.97. The highest BCUT2D eigenvalue weighted by atomic mass is 32.2. The molecule has 1 unspecified atom stereocenters. The van der Waals surface area contributed by atoms with Crippen molar-refractivity contribution >= 4 is 10.1 Å². The smallest absolute Gasteiger partial charge is 0.213 e. The van der Waals surface area contributed by atoms with E-state index in [9.17, 15) is 26.0 Å². The molecule has 0 N–H and O–H groups in total. The molecule has 1 saturated heterocycles. The molecular formula is C5H4F4O3S. The van der Waals surface area contributed by atoms with Gasteiger partial charge in [-0.3, -0.25) is 0 Å². The standard InChI is InChI=1S/C5H4F4O3S/c1-3(6)2-4(7)5(8,9)12-13(4,10)11/h1-2H2. The Hall–Kier alpha value is -0.630. The van der Waals surface area contributed by atoms with Crippen molar-refractivity contribution in [1.29, 1.82) is 0 Å². The Balaban J connectivity index is 3.05. The molecule has 1 rings (SSSR count). The van der Waals surface area contributed by atoms with Gasteiger partial charge in [-0.15, -0.1) is 0 Å². The molecule has 0 aromatic heterocycles. The van der Waals surface area contributed by atoms with E-state index in [1.807, 2.05) is 0 Å². The predicted octanol–water partition coefficient (Wildman–Crippen LogP) is 1.48. The average Bonchev–Trinajstić information content (AvgIpc) is 1.82. The van der Waals surface area contributed by atoms with E-state index in [0.29, 0.717) is 0 Å². The highest BCUT2D eigenvalue weighted by molar-refractivity contribution is 7.89. The lowest BCUT2D eigenvalue weighted by Crippen LogP contribution is -2.64. The lowest BCUT2D eigenvalue weighted by atomic mass is 10.2. The summed E-state index contributed by atoms with van der Waals surface area (Å²) in [7, 11) is -5.04. The van der Waals surface area contributed by atoms with Gasteiger partial charge >= 0.3 is 21.2 Å². The number of rotatable bonds is 2. The SMILES string of the molecule is C=C(F)CC1(F)C(F)(F)OS1(=O)=O. The second-order valence-electron chi connectivity index (χ2n) is 2.48. The van der Waals surface area contributed by atoms with Gasteiger partial charge in [-0.05, 0) is 0 Å². The van der Waals surface area contributed by atoms with Gasteiger partial charge < -0.3 is 0 Å². The van der Waals surface area contributed by atoms with Gasteiger partial charge in [0.2, 0.25) is 0 Å². The van der Waals surface area contributed by atoms with Gasteiger partial charge in [0.25, 0.3) is 0 Å². The Labute approximate surface area is 71.1 Å². The Morgan fingerprint density at radius 1 is 1.38 bits per heavy atom. The first-order valence-corrected chi connectivity index (χ1v) is 4.38. The molecule has 13 heavy (non-hydrogen) atoms. The van der Waals surface area contributed by atoms with Crippen molar-refractivity contribution in [2.45, 2.75) is 17.5 Å². The third kappa shape index (κ3) is 1.24. The lowest BCUT2D eigenvalue weighted by Gasteiger charge is -2.39.